The highest BCUT2D eigenvalue weighted by molar-refractivity contribution is 7.70. The zero-order chi connectivity index (χ0) is 34.5. The molecule has 6 rings (SSSR count). The Morgan fingerprint density at radius 2 is 1.77 bits per heavy atom. The third-order valence-corrected chi connectivity index (χ3v) is 12.6. The second kappa shape index (κ2) is 13.0. The standard InChI is InChI=1S/C30H35FN4O11P2/c1-45-28-25-20(11-22(31)26(28)34-12-17-3-2-10-32-23(17)14-34)27(37)21(13-35(25)19-8-9-19)29(38)46-15-24(36)33-18-6-4-16(5-7-18)30(47(39,40)41)48(42,43)44/h4-7,11,13,17,19,23,30,32H,2-3,8-10,12,14-15H2,1H3,(H,33,36)(H2,39,40,41)(H2,42,43,44). The molecule has 18 heteroatoms. The number of esters is 1. The van der Waals surface area contributed by atoms with E-state index in [1.54, 1.807) is 4.57 Å². The van der Waals surface area contributed by atoms with Gasteiger partial charge in [0.05, 0.1) is 18.0 Å². The van der Waals surface area contributed by atoms with E-state index in [-0.39, 0.29) is 40.2 Å². The molecule has 3 aliphatic rings. The van der Waals surface area contributed by atoms with Gasteiger partial charge in [0.1, 0.15) is 11.3 Å². The smallest absolute Gasteiger partial charge is 0.345 e. The Labute approximate surface area is 273 Å². The molecule has 3 aromatic rings. The summed E-state index contributed by atoms with van der Waals surface area (Å²) in [7, 11) is -9.03. The summed E-state index contributed by atoms with van der Waals surface area (Å²) in [5.74, 6) is -2.01. The number of pyridine rings is 1. The van der Waals surface area contributed by atoms with Crippen molar-refractivity contribution in [1.29, 1.82) is 0 Å². The molecule has 2 aliphatic heterocycles. The summed E-state index contributed by atoms with van der Waals surface area (Å²) in [6.07, 6.45) is 4.97. The SMILES string of the molecule is COc1c(N2CC3CCCNC3C2)c(F)cc2c(=O)c(C(=O)OCC(=O)Nc3ccc(C(P(=O)(O)O)P(=O)(O)O)cc3)cn(C3CC3)c12. The van der Waals surface area contributed by atoms with Crippen molar-refractivity contribution in [3.8, 4) is 5.75 Å². The quantitative estimate of drug-likeness (QED) is 0.132. The van der Waals surface area contributed by atoms with Crippen LogP contribution in [0.2, 0.25) is 0 Å². The Morgan fingerprint density at radius 1 is 1.08 bits per heavy atom. The van der Waals surface area contributed by atoms with Crippen LogP contribution in [0.1, 0.15) is 53.0 Å². The van der Waals surface area contributed by atoms with Gasteiger partial charge in [0.2, 0.25) is 5.43 Å². The summed E-state index contributed by atoms with van der Waals surface area (Å²) in [5.41, 5.74) is -0.801. The fraction of sp³-hybridized carbons (Fsp3) is 0.433. The van der Waals surface area contributed by atoms with Gasteiger partial charge in [-0.3, -0.25) is 18.7 Å². The van der Waals surface area contributed by atoms with Crippen LogP contribution in [-0.2, 0) is 18.7 Å². The van der Waals surface area contributed by atoms with Crippen LogP contribution in [0, 0.1) is 11.7 Å². The summed E-state index contributed by atoms with van der Waals surface area (Å²) in [5, 5.41) is 3.45. The number of fused-ring (bicyclic) bond motifs is 2. The van der Waals surface area contributed by atoms with Gasteiger partial charge in [-0.05, 0) is 61.9 Å². The molecule has 0 radical (unpaired) electrons. The molecule has 3 heterocycles. The Hall–Kier alpha value is -3.62. The molecule has 1 aliphatic carbocycles. The molecule has 1 amide bonds. The first kappa shape index (κ1) is 34.3. The van der Waals surface area contributed by atoms with E-state index in [1.807, 2.05) is 4.90 Å². The molecular weight excluding hydrogens is 673 g/mol. The number of nitrogens with zero attached hydrogens (tertiary/aromatic N) is 2. The van der Waals surface area contributed by atoms with Crippen molar-refractivity contribution < 1.29 is 52.2 Å². The van der Waals surface area contributed by atoms with Crippen LogP contribution in [0.25, 0.3) is 10.9 Å². The van der Waals surface area contributed by atoms with Crippen molar-refractivity contribution in [2.24, 2.45) is 5.92 Å². The van der Waals surface area contributed by atoms with E-state index in [2.05, 4.69) is 10.6 Å². The molecule has 1 saturated carbocycles. The largest absolute Gasteiger partial charge is 0.492 e. The maximum Gasteiger partial charge on any atom is 0.345 e. The van der Waals surface area contributed by atoms with Crippen LogP contribution < -0.4 is 25.7 Å². The van der Waals surface area contributed by atoms with E-state index in [4.69, 9.17) is 9.47 Å². The number of methoxy groups -OCH3 is 1. The summed E-state index contributed by atoms with van der Waals surface area (Å²) < 4.78 is 51.8. The van der Waals surface area contributed by atoms with Crippen LogP contribution in [-0.4, -0.2) is 75.4 Å². The van der Waals surface area contributed by atoms with Gasteiger partial charge in [-0.1, -0.05) is 12.1 Å². The highest BCUT2D eigenvalue weighted by atomic mass is 31.2. The number of nitrogens with one attached hydrogen (secondary N) is 2. The first-order valence-corrected chi connectivity index (χ1v) is 18.6. The van der Waals surface area contributed by atoms with Gasteiger partial charge >= 0.3 is 21.2 Å². The average Bonchev–Trinajstić information content (AvgIpc) is 3.77. The second-order valence-corrected chi connectivity index (χ2v) is 16.1. The van der Waals surface area contributed by atoms with Crippen LogP contribution >= 0.6 is 15.2 Å². The molecule has 0 spiro atoms. The second-order valence-electron chi connectivity index (χ2n) is 12.3. The highest BCUT2D eigenvalue weighted by Gasteiger charge is 2.44. The molecule has 48 heavy (non-hydrogen) atoms. The summed E-state index contributed by atoms with van der Waals surface area (Å²) in [4.78, 5) is 78.9. The van der Waals surface area contributed by atoms with Gasteiger partial charge in [0, 0.05) is 37.1 Å². The van der Waals surface area contributed by atoms with Crippen molar-refractivity contribution >= 4 is 49.3 Å². The van der Waals surface area contributed by atoms with Crippen molar-refractivity contribution in [1.82, 2.24) is 9.88 Å². The molecule has 0 bridgehead atoms. The zero-order valence-electron chi connectivity index (χ0n) is 25.7. The van der Waals surface area contributed by atoms with E-state index in [0.717, 1.165) is 62.6 Å². The van der Waals surface area contributed by atoms with Gasteiger partial charge in [-0.2, -0.15) is 0 Å². The topological polar surface area (TPSA) is 217 Å². The number of hydrogen-bond donors (Lipinski definition) is 6. The summed E-state index contributed by atoms with van der Waals surface area (Å²) in [6, 6.07) is 5.68. The molecule has 258 valence electrons. The highest BCUT2D eigenvalue weighted by Crippen LogP contribution is 2.69. The lowest BCUT2D eigenvalue weighted by atomic mass is 9.94. The fourth-order valence-corrected chi connectivity index (χ4v) is 9.36. The Bertz CT molecular complexity index is 1890. The number of halogens is 1. The molecule has 1 aromatic heterocycles. The van der Waals surface area contributed by atoms with Crippen molar-refractivity contribution in [3.63, 3.8) is 0 Å². The summed E-state index contributed by atoms with van der Waals surface area (Å²) >= 11 is 0. The lowest BCUT2D eigenvalue weighted by Gasteiger charge is -2.25. The fourth-order valence-electron chi connectivity index (χ4n) is 6.68. The van der Waals surface area contributed by atoms with Gasteiger partial charge in [-0.15, -0.1) is 0 Å². The van der Waals surface area contributed by atoms with E-state index >= 15 is 4.39 Å². The predicted molar refractivity (Wildman–Crippen MR) is 172 cm³/mol. The van der Waals surface area contributed by atoms with Crippen LogP contribution in [0.15, 0.2) is 41.3 Å². The minimum absolute atomic E-state index is 0.0577. The molecule has 2 unspecified atom stereocenters. The number of anilines is 2. The van der Waals surface area contributed by atoms with Crippen molar-refractivity contribution in [2.45, 2.75) is 43.2 Å². The number of hydrogen-bond acceptors (Lipinski definition) is 9. The monoisotopic (exact) mass is 708 g/mol. The number of rotatable bonds is 10. The number of carbonyl (C=O) groups excluding carboxylic acids is 2. The van der Waals surface area contributed by atoms with E-state index < -0.39 is 55.9 Å². The zero-order valence-corrected chi connectivity index (χ0v) is 27.5. The third kappa shape index (κ3) is 6.79. The normalized spacial score (nSPS) is 19.8. The third-order valence-electron chi connectivity index (χ3n) is 8.94. The lowest BCUT2D eigenvalue weighted by Crippen LogP contribution is -2.40. The average molecular weight is 709 g/mol. The minimum atomic E-state index is -5.23. The number of amides is 1. The maximum atomic E-state index is 15.9. The van der Waals surface area contributed by atoms with Gasteiger partial charge in [0.15, 0.2) is 23.6 Å². The summed E-state index contributed by atoms with van der Waals surface area (Å²) in [6.45, 7) is 1.32. The number of piperidine rings is 1. The first-order valence-electron chi connectivity index (χ1n) is 15.3. The van der Waals surface area contributed by atoms with Gasteiger partial charge < -0.3 is 49.1 Å². The lowest BCUT2D eigenvalue weighted by molar-refractivity contribution is -0.119. The van der Waals surface area contributed by atoms with Gasteiger partial charge in [-0.25, -0.2) is 9.18 Å². The molecule has 15 nitrogen and oxygen atoms in total. The number of aromatic nitrogens is 1. The molecule has 2 atom stereocenters. The van der Waals surface area contributed by atoms with Crippen molar-refractivity contribution in [3.05, 3.63) is 63.7 Å². The van der Waals surface area contributed by atoms with Crippen LogP contribution in [0.4, 0.5) is 15.8 Å². The Balaban J connectivity index is 1.21. The van der Waals surface area contributed by atoms with E-state index in [9.17, 15) is 43.1 Å². The molecule has 2 saturated heterocycles. The Morgan fingerprint density at radius 3 is 2.38 bits per heavy atom. The molecule has 6 N–H and O–H groups in total. The predicted octanol–water partition coefficient (Wildman–Crippen LogP) is 2.82. The maximum absolute atomic E-state index is 15.9. The number of benzene rings is 2. The van der Waals surface area contributed by atoms with E-state index in [1.165, 1.54) is 13.3 Å². The van der Waals surface area contributed by atoms with Crippen LogP contribution in [0.3, 0.4) is 0 Å². The molecule has 3 fully saturated rings. The van der Waals surface area contributed by atoms with Crippen molar-refractivity contribution in [2.75, 3.05) is 43.6 Å². The number of ether oxygens (including phenoxy) is 2. The molecular formula is C30H35FN4O11P2. The first-order chi connectivity index (χ1) is 22.7. The van der Waals surface area contributed by atoms with Crippen LogP contribution in [0.5, 0.6) is 5.75 Å². The molecule has 2 aromatic carbocycles. The minimum Gasteiger partial charge on any atom is -0.492 e. The number of carbonyl (C=O) groups is 2. The van der Waals surface area contributed by atoms with Gasteiger partial charge in [0.25, 0.3) is 5.91 Å². The van der Waals surface area contributed by atoms with E-state index in [0.29, 0.717) is 24.5 Å². The Kier molecular flexibility index (Phi) is 9.28.